The predicted octanol–water partition coefficient (Wildman–Crippen LogP) is 5.11. The average molecular weight is 369 g/mol. The highest BCUT2D eigenvalue weighted by Gasteiger charge is 2.10. The third-order valence-corrected chi connectivity index (χ3v) is 4.16. The molecule has 1 atom stereocenters. The SMILES string of the molecule is OC(c1ccc(Br)cc1)c1ccc(OCc2ccccc2)cc1. The van der Waals surface area contributed by atoms with Crippen LogP contribution in [-0.4, -0.2) is 5.11 Å². The minimum absolute atomic E-state index is 0.537. The van der Waals surface area contributed by atoms with E-state index in [1.165, 1.54) is 0 Å². The number of aliphatic hydroxyl groups excluding tert-OH is 1. The largest absolute Gasteiger partial charge is 0.489 e. The van der Waals surface area contributed by atoms with E-state index in [9.17, 15) is 5.11 Å². The Bertz CT molecular complexity index is 737. The molecule has 0 amide bonds. The molecule has 1 N–H and O–H groups in total. The molecular weight excluding hydrogens is 352 g/mol. The van der Waals surface area contributed by atoms with E-state index >= 15 is 0 Å². The Kier molecular flexibility index (Phi) is 5.11. The summed E-state index contributed by atoms with van der Waals surface area (Å²) in [4.78, 5) is 0. The summed E-state index contributed by atoms with van der Waals surface area (Å²) in [5.74, 6) is 0.792. The fourth-order valence-electron chi connectivity index (χ4n) is 2.32. The van der Waals surface area contributed by atoms with E-state index in [4.69, 9.17) is 4.74 Å². The maximum absolute atomic E-state index is 10.4. The predicted molar refractivity (Wildman–Crippen MR) is 95.4 cm³/mol. The topological polar surface area (TPSA) is 29.5 Å². The van der Waals surface area contributed by atoms with Crippen LogP contribution in [0.3, 0.4) is 0 Å². The van der Waals surface area contributed by atoms with Crippen LogP contribution in [0.5, 0.6) is 5.75 Å². The molecule has 0 fully saturated rings. The van der Waals surface area contributed by atoms with E-state index in [-0.39, 0.29) is 0 Å². The van der Waals surface area contributed by atoms with E-state index < -0.39 is 6.10 Å². The van der Waals surface area contributed by atoms with Crippen LogP contribution in [-0.2, 0) is 6.61 Å². The molecule has 3 rings (SSSR count). The second-order valence-electron chi connectivity index (χ2n) is 5.30. The third kappa shape index (κ3) is 4.21. The van der Waals surface area contributed by atoms with Crippen LogP contribution in [0.2, 0.25) is 0 Å². The van der Waals surface area contributed by atoms with Gasteiger partial charge in [-0.1, -0.05) is 70.5 Å². The van der Waals surface area contributed by atoms with Gasteiger partial charge in [0.05, 0.1) is 0 Å². The highest BCUT2D eigenvalue weighted by molar-refractivity contribution is 9.10. The molecule has 0 aliphatic heterocycles. The zero-order valence-electron chi connectivity index (χ0n) is 12.5. The number of ether oxygens (including phenoxy) is 1. The number of aliphatic hydroxyl groups is 1. The lowest BCUT2D eigenvalue weighted by atomic mass is 10.0. The molecule has 0 bridgehead atoms. The van der Waals surface area contributed by atoms with Gasteiger partial charge in [-0.15, -0.1) is 0 Å². The smallest absolute Gasteiger partial charge is 0.119 e. The van der Waals surface area contributed by atoms with Crippen molar-refractivity contribution in [1.29, 1.82) is 0 Å². The molecule has 0 saturated heterocycles. The van der Waals surface area contributed by atoms with E-state index in [2.05, 4.69) is 15.9 Å². The molecule has 3 aromatic rings. The summed E-state index contributed by atoms with van der Waals surface area (Å²) in [6.45, 7) is 0.537. The molecule has 0 aromatic heterocycles. The normalized spacial score (nSPS) is 11.9. The van der Waals surface area contributed by atoms with Crippen LogP contribution < -0.4 is 4.74 Å². The van der Waals surface area contributed by atoms with Gasteiger partial charge in [0.2, 0.25) is 0 Å². The summed E-state index contributed by atoms with van der Waals surface area (Å²) in [5, 5.41) is 10.4. The lowest BCUT2D eigenvalue weighted by molar-refractivity contribution is 0.220. The van der Waals surface area contributed by atoms with Crippen LogP contribution in [0.1, 0.15) is 22.8 Å². The summed E-state index contributed by atoms with van der Waals surface area (Å²) in [6, 6.07) is 25.3. The molecule has 0 heterocycles. The van der Waals surface area contributed by atoms with Crippen molar-refractivity contribution in [2.75, 3.05) is 0 Å². The van der Waals surface area contributed by atoms with Gasteiger partial charge in [-0.25, -0.2) is 0 Å². The average Bonchev–Trinajstić information content (AvgIpc) is 2.61. The molecule has 0 aliphatic carbocycles. The molecule has 0 aliphatic rings. The van der Waals surface area contributed by atoms with E-state index in [1.54, 1.807) is 0 Å². The van der Waals surface area contributed by atoms with E-state index in [0.29, 0.717) is 6.61 Å². The third-order valence-electron chi connectivity index (χ3n) is 3.63. The molecule has 1 unspecified atom stereocenters. The second kappa shape index (κ2) is 7.44. The Morgan fingerprint density at radius 1 is 0.783 bits per heavy atom. The molecule has 0 saturated carbocycles. The molecule has 116 valence electrons. The molecule has 23 heavy (non-hydrogen) atoms. The van der Waals surface area contributed by atoms with Crippen LogP contribution >= 0.6 is 15.9 Å². The van der Waals surface area contributed by atoms with Crippen molar-refractivity contribution in [3.63, 3.8) is 0 Å². The van der Waals surface area contributed by atoms with Gasteiger partial charge in [-0.05, 0) is 41.0 Å². The Balaban J connectivity index is 1.65. The number of benzene rings is 3. The van der Waals surface area contributed by atoms with E-state index in [1.807, 2.05) is 78.9 Å². The Morgan fingerprint density at radius 2 is 1.35 bits per heavy atom. The maximum atomic E-state index is 10.4. The van der Waals surface area contributed by atoms with Gasteiger partial charge >= 0.3 is 0 Å². The highest BCUT2D eigenvalue weighted by Crippen LogP contribution is 2.25. The van der Waals surface area contributed by atoms with Crippen molar-refractivity contribution in [1.82, 2.24) is 0 Å². The van der Waals surface area contributed by atoms with Crippen molar-refractivity contribution >= 4 is 15.9 Å². The van der Waals surface area contributed by atoms with Crippen molar-refractivity contribution in [2.45, 2.75) is 12.7 Å². The van der Waals surface area contributed by atoms with Crippen molar-refractivity contribution < 1.29 is 9.84 Å². The Labute approximate surface area is 144 Å². The van der Waals surface area contributed by atoms with Crippen molar-refractivity contribution in [2.24, 2.45) is 0 Å². The maximum Gasteiger partial charge on any atom is 0.119 e. The van der Waals surface area contributed by atoms with E-state index in [0.717, 1.165) is 26.9 Å². The quantitative estimate of drug-likeness (QED) is 0.677. The minimum Gasteiger partial charge on any atom is -0.489 e. The molecular formula is C20H17BrO2. The first-order valence-corrected chi connectivity index (χ1v) is 8.22. The summed E-state index contributed by atoms with van der Waals surface area (Å²) >= 11 is 3.40. The summed E-state index contributed by atoms with van der Waals surface area (Å²) in [6.07, 6.45) is -0.633. The van der Waals surface area contributed by atoms with Crippen molar-refractivity contribution in [3.8, 4) is 5.75 Å². The number of rotatable bonds is 5. The lowest BCUT2D eigenvalue weighted by Gasteiger charge is -2.13. The minimum atomic E-state index is -0.633. The first kappa shape index (κ1) is 15.8. The monoisotopic (exact) mass is 368 g/mol. The van der Waals surface area contributed by atoms with Gasteiger partial charge in [-0.3, -0.25) is 0 Å². The Morgan fingerprint density at radius 3 is 1.96 bits per heavy atom. The van der Waals surface area contributed by atoms with Crippen LogP contribution in [0.25, 0.3) is 0 Å². The molecule has 2 nitrogen and oxygen atoms in total. The lowest BCUT2D eigenvalue weighted by Crippen LogP contribution is -2.00. The molecule has 3 aromatic carbocycles. The van der Waals surface area contributed by atoms with Crippen LogP contribution in [0.4, 0.5) is 0 Å². The van der Waals surface area contributed by atoms with Crippen molar-refractivity contribution in [3.05, 3.63) is 100 Å². The van der Waals surface area contributed by atoms with Gasteiger partial charge in [0, 0.05) is 4.47 Å². The van der Waals surface area contributed by atoms with Gasteiger partial charge in [0.25, 0.3) is 0 Å². The summed E-state index contributed by atoms with van der Waals surface area (Å²) in [7, 11) is 0. The fourth-order valence-corrected chi connectivity index (χ4v) is 2.59. The van der Waals surface area contributed by atoms with Crippen LogP contribution in [0.15, 0.2) is 83.3 Å². The first-order valence-electron chi connectivity index (χ1n) is 7.42. The molecule has 0 radical (unpaired) electrons. The number of hydrogen-bond donors (Lipinski definition) is 1. The summed E-state index contributed by atoms with van der Waals surface area (Å²) < 4.78 is 6.76. The molecule has 0 spiro atoms. The summed E-state index contributed by atoms with van der Waals surface area (Å²) in [5.41, 5.74) is 2.84. The molecule has 3 heteroatoms. The number of halogens is 1. The number of hydrogen-bond acceptors (Lipinski definition) is 2. The van der Waals surface area contributed by atoms with Crippen LogP contribution in [0, 0.1) is 0 Å². The van der Waals surface area contributed by atoms with Gasteiger partial charge in [-0.2, -0.15) is 0 Å². The van der Waals surface area contributed by atoms with Gasteiger partial charge in [0.15, 0.2) is 0 Å². The fraction of sp³-hybridized carbons (Fsp3) is 0.100. The second-order valence-corrected chi connectivity index (χ2v) is 6.21. The first-order chi connectivity index (χ1) is 11.2. The Hall–Kier alpha value is -2.10. The highest BCUT2D eigenvalue weighted by atomic mass is 79.9. The zero-order valence-corrected chi connectivity index (χ0v) is 14.1. The zero-order chi connectivity index (χ0) is 16.1. The standard InChI is InChI=1S/C20H17BrO2/c21-18-10-6-16(7-11-18)20(22)17-8-12-19(13-9-17)23-14-15-4-2-1-3-5-15/h1-13,20,22H,14H2. The van der Waals surface area contributed by atoms with Gasteiger partial charge < -0.3 is 9.84 Å². The van der Waals surface area contributed by atoms with Gasteiger partial charge in [0.1, 0.15) is 18.5 Å².